The number of hydrogen-bond donors (Lipinski definition) is 0. The normalized spacial score (nSPS) is 20.3. The largest absolute Gasteiger partial charge is 0.416 e. The van der Waals surface area contributed by atoms with Gasteiger partial charge in [-0.15, -0.1) is 11.8 Å². The van der Waals surface area contributed by atoms with E-state index in [9.17, 15) is 18.0 Å². The van der Waals surface area contributed by atoms with E-state index in [0.29, 0.717) is 5.56 Å². The van der Waals surface area contributed by atoms with E-state index < -0.39 is 11.7 Å². The van der Waals surface area contributed by atoms with Crippen molar-refractivity contribution in [2.24, 2.45) is 0 Å². The first-order chi connectivity index (χ1) is 8.97. The van der Waals surface area contributed by atoms with Crippen molar-refractivity contribution in [2.75, 3.05) is 17.3 Å². The highest BCUT2D eigenvalue weighted by Gasteiger charge is 2.30. The maximum atomic E-state index is 12.4. The lowest BCUT2D eigenvalue weighted by Crippen LogP contribution is -2.25. The zero-order valence-electron chi connectivity index (χ0n) is 10.1. The summed E-state index contributed by atoms with van der Waals surface area (Å²) < 4.78 is 37.2. The van der Waals surface area contributed by atoms with Crippen LogP contribution in [0.4, 0.5) is 13.2 Å². The standard InChI is InChI=1S/C13H13F3OS2/c14-13(15,16)10-3-1-9(2-4-10)7-11(17)12-8-18-5-6-19-12/h1-4,12H,5-8H2. The summed E-state index contributed by atoms with van der Waals surface area (Å²) in [5.74, 6) is 2.95. The van der Waals surface area contributed by atoms with Crippen LogP contribution >= 0.6 is 23.5 Å². The average molecular weight is 306 g/mol. The van der Waals surface area contributed by atoms with Crippen LogP contribution < -0.4 is 0 Å². The predicted molar refractivity (Wildman–Crippen MR) is 73.7 cm³/mol. The number of thioether (sulfide) groups is 2. The molecule has 104 valence electrons. The second kappa shape index (κ2) is 6.22. The molecule has 0 aliphatic carbocycles. The van der Waals surface area contributed by atoms with Gasteiger partial charge in [0.05, 0.1) is 10.8 Å². The van der Waals surface area contributed by atoms with E-state index in [1.54, 1.807) is 23.5 Å². The van der Waals surface area contributed by atoms with E-state index in [0.717, 1.165) is 29.4 Å². The first-order valence-corrected chi connectivity index (χ1v) is 8.05. The highest BCUT2D eigenvalue weighted by molar-refractivity contribution is 8.07. The number of carbonyl (C=O) groups excluding carboxylic acids is 1. The summed E-state index contributed by atoms with van der Waals surface area (Å²) in [5, 5.41) is -0.0129. The monoisotopic (exact) mass is 306 g/mol. The molecule has 0 N–H and O–H groups in total. The van der Waals surface area contributed by atoms with Gasteiger partial charge in [-0.05, 0) is 17.7 Å². The van der Waals surface area contributed by atoms with Gasteiger partial charge >= 0.3 is 6.18 Å². The molecule has 1 aromatic rings. The smallest absolute Gasteiger partial charge is 0.298 e. The van der Waals surface area contributed by atoms with Crippen molar-refractivity contribution in [3.05, 3.63) is 35.4 Å². The summed E-state index contributed by atoms with van der Waals surface area (Å²) in [5.41, 5.74) is -0.0273. The predicted octanol–water partition coefficient (Wildman–Crippen LogP) is 3.67. The van der Waals surface area contributed by atoms with Gasteiger partial charge in [0.15, 0.2) is 5.78 Å². The van der Waals surface area contributed by atoms with Gasteiger partial charge < -0.3 is 0 Å². The van der Waals surface area contributed by atoms with Gasteiger partial charge in [0.1, 0.15) is 0 Å². The topological polar surface area (TPSA) is 17.1 Å². The summed E-state index contributed by atoms with van der Waals surface area (Å²) >= 11 is 3.40. The maximum Gasteiger partial charge on any atom is 0.416 e. The highest BCUT2D eigenvalue weighted by atomic mass is 32.2. The van der Waals surface area contributed by atoms with Crippen molar-refractivity contribution < 1.29 is 18.0 Å². The lowest BCUT2D eigenvalue weighted by molar-refractivity contribution is -0.137. The summed E-state index contributed by atoms with van der Waals surface area (Å²) in [4.78, 5) is 12.0. The van der Waals surface area contributed by atoms with Gasteiger partial charge in [-0.1, -0.05) is 12.1 Å². The van der Waals surface area contributed by atoms with Crippen molar-refractivity contribution in [3.8, 4) is 0 Å². The molecule has 0 amide bonds. The Bertz CT molecular complexity index is 436. The first-order valence-electron chi connectivity index (χ1n) is 5.85. The summed E-state index contributed by atoms with van der Waals surface area (Å²) in [6.45, 7) is 0. The van der Waals surface area contributed by atoms with Crippen LogP contribution in [-0.4, -0.2) is 28.3 Å². The van der Waals surface area contributed by atoms with Crippen molar-refractivity contribution in [1.29, 1.82) is 0 Å². The van der Waals surface area contributed by atoms with Gasteiger partial charge in [-0.2, -0.15) is 24.9 Å². The number of halogens is 3. The van der Waals surface area contributed by atoms with E-state index in [2.05, 4.69) is 0 Å². The molecule has 0 spiro atoms. The Balaban J connectivity index is 1.97. The van der Waals surface area contributed by atoms with Crippen LogP contribution in [0, 0.1) is 0 Å². The number of hydrogen-bond acceptors (Lipinski definition) is 3. The Morgan fingerprint density at radius 1 is 1.21 bits per heavy atom. The lowest BCUT2D eigenvalue weighted by Gasteiger charge is -2.19. The first kappa shape index (κ1) is 14.8. The summed E-state index contributed by atoms with van der Waals surface area (Å²) in [7, 11) is 0. The third-order valence-corrected chi connectivity index (χ3v) is 5.64. The van der Waals surface area contributed by atoms with Gasteiger partial charge in [-0.3, -0.25) is 4.79 Å². The molecule has 0 bridgehead atoms. The number of ketones is 1. The summed E-state index contributed by atoms with van der Waals surface area (Å²) in [6, 6.07) is 4.85. The van der Waals surface area contributed by atoms with E-state index in [-0.39, 0.29) is 17.5 Å². The van der Waals surface area contributed by atoms with E-state index in [1.807, 2.05) is 0 Å². The Kier molecular flexibility index (Phi) is 4.84. The molecule has 1 atom stereocenters. The second-order valence-corrected chi connectivity index (χ2v) is 6.73. The molecule has 2 rings (SSSR count). The minimum atomic E-state index is -4.32. The van der Waals surface area contributed by atoms with Crippen LogP contribution in [0.25, 0.3) is 0 Å². The molecule has 1 saturated heterocycles. The van der Waals surface area contributed by atoms with Crippen molar-refractivity contribution in [1.82, 2.24) is 0 Å². The second-order valence-electron chi connectivity index (χ2n) is 4.27. The fourth-order valence-electron chi connectivity index (χ4n) is 1.80. The number of alkyl halides is 3. The highest BCUT2D eigenvalue weighted by Crippen LogP contribution is 2.30. The fraction of sp³-hybridized carbons (Fsp3) is 0.462. The minimum absolute atomic E-state index is 0.0129. The molecule has 0 saturated carbocycles. The quantitative estimate of drug-likeness (QED) is 0.848. The van der Waals surface area contributed by atoms with Gasteiger partial charge in [0.2, 0.25) is 0 Å². The molecule has 0 radical (unpaired) electrons. The van der Waals surface area contributed by atoms with Crippen LogP contribution in [0.1, 0.15) is 11.1 Å². The Morgan fingerprint density at radius 2 is 1.89 bits per heavy atom. The molecule has 1 aliphatic rings. The molecule has 1 aromatic carbocycles. The Morgan fingerprint density at radius 3 is 2.42 bits per heavy atom. The number of Topliss-reactive ketones (excluding diaryl/α,β-unsaturated/α-hetero) is 1. The molecule has 1 fully saturated rings. The average Bonchev–Trinajstić information content (AvgIpc) is 2.39. The Hall–Kier alpha value is -0.620. The van der Waals surface area contributed by atoms with Gasteiger partial charge in [-0.25, -0.2) is 0 Å². The minimum Gasteiger partial charge on any atom is -0.298 e. The van der Waals surface area contributed by atoms with Crippen molar-refractivity contribution in [2.45, 2.75) is 17.8 Å². The van der Waals surface area contributed by atoms with Crippen LogP contribution in [0.5, 0.6) is 0 Å². The van der Waals surface area contributed by atoms with E-state index >= 15 is 0 Å². The molecule has 1 nitrogen and oxygen atoms in total. The number of carbonyl (C=O) groups is 1. The molecule has 1 unspecified atom stereocenters. The number of rotatable bonds is 3. The number of benzene rings is 1. The van der Waals surface area contributed by atoms with Gasteiger partial charge in [0.25, 0.3) is 0 Å². The van der Waals surface area contributed by atoms with Crippen LogP contribution in [0.15, 0.2) is 24.3 Å². The van der Waals surface area contributed by atoms with Crippen molar-refractivity contribution in [3.63, 3.8) is 0 Å². The van der Waals surface area contributed by atoms with Gasteiger partial charge in [0, 0.05) is 23.7 Å². The summed E-state index contributed by atoms with van der Waals surface area (Å²) in [6.07, 6.45) is -4.10. The Labute approximate surface area is 118 Å². The van der Waals surface area contributed by atoms with E-state index in [1.165, 1.54) is 12.1 Å². The molecule has 0 aromatic heterocycles. The maximum absolute atomic E-state index is 12.4. The molecule has 1 heterocycles. The molecular formula is C13H13F3OS2. The lowest BCUT2D eigenvalue weighted by atomic mass is 10.1. The van der Waals surface area contributed by atoms with Crippen LogP contribution in [0.3, 0.4) is 0 Å². The third kappa shape index (κ3) is 4.18. The van der Waals surface area contributed by atoms with Crippen LogP contribution in [-0.2, 0) is 17.4 Å². The molecular weight excluding hydrogens is 293 g/mol. The zero-order valence-corrected chi connectivity index (χ0v) is 11.7. The molecule has 19 heavy (non-hydrogen) atoms. The molecule has 6 heteroatoms. The SMILES string of the molecule is O=C(Cc1ccc(C(F)(F)F)cc1)C1CSCCS1. The fourth-order valence-corrected chi connectivity index (χ4v) is 4.45. The van der Waals surface area contributed by atoms with Crippen LogP contribution in [0.2, 0.25) is 0 Å². The molecule has 1 aliphatic heterocycles. The zero-order chi connectivity index (χ0) is 13.9. The van der Waals surface area contributed by atoms with E-state index in [4.69, 9.17) is 0 Å². The van der Waals surface area contributed by atoms with Crippen molar-refractivity contribution >= 4 is 29.3 Å². The third-order valence-electron chi connectivity index (χ3n) is 2.83.